The summed E-state index contributed by atoms with van der Waals surface area (Å²) in [4.78, 5) is 36.2. The number of amides is 2. The van der Waals surface area contributed by atoms with Crippen LogP contribution in [-0.4, -0.2) is 22.9 Å². The van der Waals surface area contributed by atoms with E-state index in [4.69, 9.17) is 11.5 Å². The monoisotopic (exact) mass is 390 g/mol. The van der Waals surface area contributed by atoms with Crippen molar-refractivity contribution in [2.24, 2.45) is 0 Å². The van der Waals surface area contributed by atoms with E-state index in [-0.39, 0.29) is 16.9 Å². The van der Waals surface area contributed by atoms with E-state index >= 15 is 0 Å². The predicted molar refractivity (Wildman–Crippen MR) is 111 cm³/mol. The number of nitrogens with two attached hydrogens (primary N) is 2. The fourth-order valence-corrected chi connectivity index (χ4v) is 2.57. The molecule has 0 spiro atoms. The molecule has 146 valence electrons. The Morgan fingerprint density at radius 3 is 1.34 bits per heavy atom. The zero-order chi connectivity index (χ0) is 21.0. The van der Waals surface area contributed by atoms with Crippen LogP contribution >= 0.6 is 0 Å². The van der Waals surface area contributed by atoms with Crippen molar-refractivity contribution in [3.05, 3.63) is 83.4 Å². The van der Waals surface area contributed by atoms with E-state index in [9.17, 15) is 19.5 Å². The molecule has 2 amide bonds. The third kappa shape index (κ3) is 4.89. The van der Waals surface area contributed by atoms with Crippen LogP contribution in [0.25, 0.3) is 0 Å². The normalized spacial score (nSPS) is 10.2. The van der Waals surface area contributed by atoms with Gasteiger partial charge in [0.25, 0.3) is 11.8 Å². The molecule has 3 rings (SSSR count). The van der Waals surface area contributed by atoms with E-state index < -0.39 is 17.8 Å². The number of nitrogens with one attached hydrogen (secondary N) is 2. The SMILES string of the molecule is Nc1ccc(C(=O)Nc2cc(NC(=O)c3ccc(N)cc3)cc(C(=O)O)c2)cc1. The number of carboxylic acids is 1. The Bertz CT molecular complexity index is 999. The van der Waals surface area contributed by atoms with Crippen molar-refractivity contribution < 1.29 is 19.5 Å². The van der Waals surface area contributed by atoms with Crippen LogP contribution in [0.2, 0.25) is 0 Å². The molecule has 0 aromatic heterocycles. The fraction of sp³-hybridized carbons (Fsp3) is 0. The largest absolute Gasteiger partial charge is 0.478 e. The van der Waals surface area contributed by atoms with E-state index in [1.807, 2.05) is 0 Å². The van der Waals surface area contributed by atoms with Crippen LogP contribution in [-0.2, 0) is 0 Å². The summed E-state index contributed by atoms with van der Waals surface area (Å²) >= 11 is 0. The number of hydrogen-bond donors (Lipinski definition) is 5. The molecule has 0 fully saturated rings. The molecule has 0 bridgehead atoms. The molecular formula is C21H18N4O4. The van der Waals surface area contributed by atoms with Crippen LogP contribution in [0.15, 0.2) is 66.7 Å². The Balaban J connectivity index is 1.84. The Kier molecular flexibility index (Phi) is 5.45. The third-order valence-corrected chi connectivity index (χ3v) is 4.04. The third-order valence-electron chi connectivity index (χ3n) is 4.04. The highest BCUT2D eigenvalue weighted by Gasteiger charge is 2.13. The molecule has 0 atom stereocenters. The first kappa shape index (κ1) is 19.4. The molecule has 0 aliphatic heterocycles. The van der Waals surface area contributed by atoms with Crippen molar-refractivity contribution in [1.82, 2.24) is 0 Å². The van der Waals surface area contributed by atoms with Gasteiger partial charge >= 0.3 is 5.97 Å². The van der Waals surface area contributed by atoms with Gasteiger partial charge in [0.2, 0.25) is 0 Å². The van der Waals surface area contributed by atoms with Crippen molar-refractivity contribution in [3.63, 3.8) is 0 Å². The molecule has 29 heavy (non-hydrogen) atoms. The standard InChI is InChI=1S/C21H18N4O4/c22-15-5-1-12(2-6-15)19(26)24-17-9-14(21(28)29)10-18(11-17)25-20(27)13-3-7-16(23)8-4-13/h1-11H,22-23H2,(H,24,26)(H,25,27)(H,28,29). The van der Waals surface area contributed by atoms with E-state index in [0.29, 0.717) is 22.5 Å². The van der Waals surface area contributed by atoms with Gasteiger partial charge in [-0.25, -0.2) is 4.79 Å². The van der Waals surface area contributed by atoms with Gasteiger partial charge in [0.15, 0.2) is 0 Å². The van der Waals surface area contributed by atoms with E-state index in [0.717, 1.165) is 0 Å². The van der Waals surface area contributed by atoms with Crippen LogP contribution in [0.1, 0.15) is 31.1 Å². The number of aromatic carboxylic acids is 1. The van der Waals surface area contributed by atoms with Crippen molar-refractivity contribution in [2.45, 2.75) is 0 Å². The highest BCUT2D eigenvalue weighted by molar-refractivity contribution is 6.07. The summed E-state index contributed by atoms with van der Waals surface area (Å²) in [7, 11) is 0. The first-order valence-corrected chi connectivity index (χ1v) is 8.54. The summed E-state index contributed by atoms with van der Waals surface area (Å²) in [5.74, 6) is -2.08. The molecule has 0 aliphatic rings. The molecule has 0 saturated carbocycles. The van der Waals surface area contributed by atoms with Gasteiger partial charge in [0.05, 0.1) is 5.56 Å². The van der Waals surface area contributed by atoms with Gasteiger partial charge in [0, 0.05) is 33.9 Å². The summed E-state index contributed by atoms with van der Waals surface area (Å²) in [6, 6.07) is 16.6. The van der Waals surface area contributed by atoms with Crippen molar-refractivity contribution in [1.29, 1.82) is 0 Å². The van der Waals surface area contributed by atoms with Crippen LogP contribution < -0.4 is 22.1 Å². The zero-order valence-corrected chi connectivity index (χ0v) is 15.2. The molecule has 3 aromatic carbocycles. The minimum absolute atomic E-state index is 0.0901. The number of rotatable bonds is 5. The molecular weight excluding hydrogens is 372 g/mol. The number of anilines is 4. The minimum Gasteiger partial charge on any atom is -0.478 e. The number of carbonyl (C=O) groups is 3. The lowest BCUT2D eigenvalue weighted by Crippen LogP contribution is -2.15. The fourth-order valence-electron chi connectivity index (χ4n) is 2.57. The summed E-state index contributed by atoms with van der Waals surface area (Å²) in [6.07, 6.45) is 0. The second kappa shape index (κ2) is 8.13. The number of carboxylic acid groups (broad SMARTS) is 1. The second-order valence-electron chi connectivity index (χ2n) is 6.26. The molecule has 8 heteroatoms. The number of carbonyl (C=O) groups excluding carboxylic acids is 2. The smallest absolute Gasteiger partial charge is 0.335 e. The molecule has 0 heterocycles. The molecule has 0 radical (unpaired) electrons. The number of nitrogen functional groups attached to an aromatic ring is 2. The second-order valence-corrected chi connectivity index (χ2v) is 6.26. The molecule has 0 saturated heterocycles. The van der Waals surface area contributed by atoms with Crippen molar-refractivity contribution in [2.75, 3.05) is 22.1 Å². The summed E-state index contributed by atoms with van der Waals surface area (Å²) in [6.45, 7) is 0. The maximum absolute atomic E-state index is 12.4. The summed E-state index contributed by atoms with van der Waals surface area (Å²) in [5.41, 5.74) is 13.3. The Morgan fingerprint density at radius 2 is 1.00 bits per heavy atom. The van der Waals surface area contributed by atoms with Gasteiger partial charge < -0.3 is 27.2 Å². The van der Waals surface area contributed by atoms with Crippen LogP contribution in [0.3, 0.4) is 0 Å². The van der Waals surface area contributed by atoms with Gasteiger partial charge in [-0.1, -0.05) is 0 Å². The maximum atomic E-state index is 12.4. The van der Waals surface area contributed by atoms with Gasteiger partial charge in [-0.15, -0.1) is 0 Å². The Morgan fingerprint density at radius 1 is 0.621 bits per heavy atom. The molecule has 0 unspecified atom stereocenters. The lowest BCUT2D eigenvalue weighted by atomic mass is 10.1. The van der Waals surface area contributed by atoms with Crippen LogP contribution in [0.5, 0.6) is 0 Å². The highest BCUT2D eigenvalue weighted by Crippen LogP contribution is 2.21. The Labute approximate surface area is 166 Å². The molecule has 0 aliphatic carbocycles. The van der Waals surface area contributed by atoms with Gasteiger partial charge in [0.1, 0.15) is 0 Å². The lowest BCUT2D eigenvalue weighted by molar-refractivity contribution is 0.0696. The van der Waals surface area contributed by atoms with Crippen molar-refractivity contribution in [3.8, 4) is 0 Å². The zero-order valence-electron chi connectivity index (χ0n) is 15.2. The minimum atomic E-state index is -1.20. The lowest BCUT2D eigenvalue weighted by Gasteiger charge is -2.11. The number of benzene rings is 3. The van der Waals surface area contributed by atoms with Gasteiger partial charge in [-0.05, 0) is 66.7 Å². The topological polar surface area (TPSA) is 148 Å². The van der Waals surface area contributed by atoms with Crippen LogP contribution in [0, 0.1) is 0 Å². The summed E-state index contributed by atoms with van der Waals surface area (Å²) in [5, 5.41) is 14.6. The molecule has 8 nitrogen and oxygen atoms in total. The average Bonchev–Trinajstić information content (AvgIpc) is 2.68. The quantitative estimate of drug-likeness (QED) is 0.423. The predicted octanol–water partition coefficient (Wildman–Crippen LogP) is 3.05. The first-order chi connectivity index (χ1) is 13.8. The van der Waals surface area contributed by atoms with E-state index in [1.54, 1.807) is 48.5 Å². The Hall–Kier alpha value is -4.33. The van der Waals surface area contributed by atoms with E-state index in [2.05, 4.69) is 10.6 Å². The number of hydrogen-bond acceptors (Lipinski definition) is 5. The highest BCUT2D eigenvalue weighted by atomic mass is 16.4. The summed E-state index contributed by atoms with van der Waals surface area (Å²) < 4.78 is 0. The van der Waals surface area contributed by atoms with E-state index in [1.165, 1.54) is 18.2 Å². The van der Waals surface area contributed by atoms with Crippen molar-refractivity contribution >= 4 is 40.5 Å². The van der Waals surface area contributed by atoms with Gasteiger partial charge in [-0.2, -0.15) is 0 Å². The molecule has 7 N–H and O–H groups in total. The first-order valence-electron chi connectivity index (χ1n) is 8.54. The molecule has 3 aromatic rings. The van der Waals surface area contributed by atoms with Crippen LogP contribution in [0.4, 0.5) is 22.7 Å². The maximum Gasteiger partial charge on any atom is 0.335 e. The van der Waals surface area contributed by atoms with Gasteiger partial charge in [-0.3, -0.25) is 9.59 Å². The average molecular weight is 390 g/mol.